The molecule has 0 aromatic heterocycles. The van der Waals surface area contributed by atoms with E-state index in [1.165, 1.54) is 0 Å². The Balaban J connectivity index is 2.55. The number of alkyl halides is 1. The van der Waals surface area contributed by atoms with Crippen LogP contribution in [0.4, 0.5) is 0 Å². The molecule has 0 aliphatic carbocycles. The zero-order valence-electron chi connectivity index (χ0n) is 10.2. The summed E-state index contributed by atoms with van der Waals surface area (Å²) in [5.41, 5.74) is -0.230. The van der Waals surface area contributed by atoms with E-state index in [0.29, 0.717) is 19.5 Å². The zero-order valence-corrected chi connectivity index (χ0v) is 12.6. The van der Waals surface area contributed by atoms with Gasteiger partial charge in [0.1, 0.15) is 0 Å². The molecular weight excluding hydrogens is 290 g/mol. The predicted octanol–water partition coefficient (Wildman–Crippen LogP) is 2.14. The van der Waals surface area contributed by atoms with Gasteiger partial charge in [0.15, 0.2) is 0 Å². The van der Waals surface area contributed by atoms with Crippen molar-refractivity contribution in [3.63, 3.8) is 0 Å². The topological polar surface area (TPSA) is 29.5 Å². The van der Waals surface area contributed by atoms with Crippen LogP contribution >= 0.6 is 27.7 Å². The molecule has 3 nitrogen and oxygen atoms in total. The van der Waals surface area contributed by atoms with Crippen LogP contribution < -0.4 is 0 Å². The molecule has 5 heteroatoms. The third-order valence-electron chi connectivity index (χ3n) is 2.53. The van der Waals surface area contributed by atoms with E-state index in [-0.39, 0.29) is 17.6 Å². The molecule has 1 aliphatic heterocycles. The van der Waals surface area contributed by atoms with E-state index in [1.54, 1.807) is 11.8 Å². The van der Waals surface area contributed by atoms with E-state index in [2.05, 4.69) is 15.9 Å². The van der Waals surface area contributed by atoms with Crippen LogP contribution in [-0.2, 0) is 9.53 Å². The minimum absolute atomic E-state index is 0.113. The first-order valence-corrected chi connectivity index (χ1v) is 8.00. The zero-order chi connectivity index (χ0) is 12.2. The lowest BCUT2D eigenvalue weighted by molar-refractivity contribution is -0.156. The van der Waals surface area contributed by atoms with Gasteiger partial charge in [0.25, 0.3) is 0 Å². The summed E-state index contributed by atoms with van der Waals surface area (Å²) < 4.78 is 5.86. The normalized spacial score (nSPS) is 24.5. The van der Waals surface area contributed by atoms with Crippen LogP contribution in [0, 0.1) is 0 Å². The minimum Gasteiger partial charge on any atom is -0.368 e. The number of nitrogens with zero attached hydrogens (tertiary/aromatic N) is 1. The van der Waals surface area contributed by atoms with Crippen molar-refractivity contribution in [2.45, 2.75) is 32.0 Å². The van der Waals surface area contributed by atoms with Crippen LogP contribution in [0.2, 0.25) is 0 Å². The maximum Gasteiger partial charge on any atom is 0.223 e. The van der Waals surface area contributed by atoms with E-state index in [0.717, 1.165) is 11.1 Å². The summed E-state index contributed by atoms with van der Waals surface area (Å²) in [4.78, 5) is 13.9. The summed E-state index contributed by atoms with van der Waals surface area (Å²) >= 11 is 5.14. The van der Waals surface area contributed by atoms with Crippen molar-refractivity contribution in [2.75, 3.05) is 30.4 Å². The molecule has 1 heterocycles. The Morgan fingerprint density at radius 1 is 1.62 bits per heavy atom. The third-order valence-corrected chi connectivity index (χ3v) is 3.86. The number of rotatable bonds is 4. The average Bonchev–Trinajstić information content (AvgIpc) is 2.23. The van der Waals surface area contributed by atoms with E-state index >= 15 is 0 Å². The first-order chi connectivity index (χ1) is 7.48. The van der Waals surface area contributed by atoms with Gasteiger partial charge < -0.3 is 9.64 Å². The second-order valence-corrected chi connectivity index (χ2v) is 6.30. The molecule has 1 rings (SSSR count). The largest absolute Gasteiger partial charge is 0.368 e. The van der Waals surface area contributed by atoms with Gasteiger partial charge in [0.05, 0.1) is 11.7 Å². The summed E-state index contributed by atoms with van der Waals surface area (Å²) in [5, 5.41) is 0.780. The highest BCUT2D eigenvalue weighted by Gasteiger charge is 2.34. The van der Waals surface area contributed by atoms with Crippen LogP contribution in [0.25, 0.3) is 0 Å². The Morgan fingerprint density at radius 3 is 2.88 bits per heavy atom. The lowest BCUT2D eigenvalue weighted by atomic mass is 10.1. The highest BCUT2D eigenvalue weighted by molar-refractivity contribution is 9.09. The molecule has 1 fully saturated rings. The van der Waals surface area contributed by atoms with E-state index in [4.69, 9.17) is 4.74 Å². The maximum absolute atomic E-state index is 11.9. The van der Waals surface area contributed by atoms with Crippen molar-refractivity contribution in [1.82, 2.24) is 4.90 Å². The van der Waals surface area contributed by atoms with Crippen molar-refractivity contribution in [1.29, 1.82) is 0 Å². The summed E-state index contributed by atoms with van der Waals surface area (Å²) in [5.74, 6) is 1.15. The van der Waals surface area contributed by atoms with Crippen LogP contribution in [0.3, 0.4) is 0 Å². The van der Waals surface area contributed by atoms with Crippen molar-refractivity contribution in [3.8, 4) is 0 Å². The number of hydrogen-bond acceptors (Lipinski definition) is 3. The number of hydrogen-bond donors (Lipinski definition) is 0. The summed E-state index contributed by atoms with van der Waals surface area (Å²) in [6.45, 7) is 5.49. The Bertz CT molecular complexity index is 248. The smallest absolute Gasteiger partial charge is 0.223 e. The first-order valence-electron chi connectivity index (χ1n) is 5.49. The van der Waals surface area contributed by atoms with Crippen molar-refractivity contribution in [3.05, 3.63) is 0 Å². The number of halogens is 1. The number of ether oxygens (including phenoxy) is 1. The summed E-state index contributed by atoms with van der Waals surface area (Å²) in [6.07, 6.45) is 2.77. The van der Waals surface area contributed by atoms with Gasteiger partial charge in [-0.1, -0.05) is 15.9 Å². The molecule has 1 aliphatic rings. The molecule has 0 bridgehead atoms. The number of morpholine rings is 1. The molecule has 16 heavy (non-hydrogen) atoms. The molecular formula is C11H20BrNO2S. The molecule has 0 radical (unpaired) electrons. The van der Waals surface area contributed by atoms with Gasteiger partial charge >= 0.3 is 0 Å². The van der Waals surface area contributed by atoms with Crippen molar-refractivity contribution < 1.29 is 9.53 Å². The fourth-order valence-corrected chi connectivity index (χ4v) is 2.63. The van der Waals surface area contributed by atoms with Gasteiger partial charge in [0.2, 0.25) is 5.91 Å². The lowest BCUT2D eigenvalue weighted by Gasteiger charge is -2.42. The third kappa shape index (κ3) is 4.26. The van der Waals surface area contributed by atoms with Gasteiger partial charge in [-0.05, 0) is 20.1 Å². The Kier molecular flexibility index (Phi) is 5.61. The predicted molar refractivity (Wildman–Crippen MR) is 72.3 cm³/mol. The molecule has 0 aromatic carbocycles. The van der Waals surface area contributed by atoms with E-state index < -0.39 is 0 Å². The van der Waals surface area contributed by atoms with Crippen molar-refractivity contribution in [2.24, 2.45) is 0 Å². The Morgan fingerprint density at radius 2 is 2.31 bits per heavy atom. The fourth-order valence-electron chi connectivity index (χ4n) is 1.91. The van der Waals surface area contributed by atoms with E-state index in [1.807, 2.05) is 25.0 Å². The lowest BCUT2D eigenvalue weighted by Crippen LogP contribution is -2.55. The van der Waals surface area contributed by atoms with Crippen LogP contribution in [0.15, 0.2) is 0 Å². The highest BCUT2D eigenvalue weighted by atomic mass is 79.9. The van der Waals surface area contributed by atoms with Crippen LogP contribution in [0.5, 0.6) is 0 Å². The molecule has 1 atom stereocenters. The second kappa shape index (κ2) is 6.26. The molecule has 1 saturated heterocycles. The summed E-state index contributed by atoms with van der Waals surface area (Å²) in [7, 11) is 0. The van der Waals surface area contributed by atoms with Gasteiger partial charge in [-0.3, -0.25) is 4.79 Å². The fraction of sp³-hybridized carbons (Fsp3) is 0.909. The standard InChI is InChI=1S/C11H20BrNO2S/c1-11(2)8-13(7-9(6-12)15-11)10(14)4-5-16-3/h9H,4-8H2,1-3H3. The molecule has 1 unspecified atom stereocenters. The minimum atomic E-state index is -0.230. The number of carbonyl (C=O) groups is 1. The molecule has 0 saturated carbocycles. The quantitative estimate of drug-likeness (QED) is 0.745. The van der Waals surface area contributed by atoms with Gasteiger partial charge in [-0.2, -0.15) is 11.8 Å². The number of thioether (sulfide) groups is 1. The first kappa shape index (κ1) is 14.3. The number of carbonyl (C=O) groups excluding carboxylic acids is 1. The molecule has 0 aromatic rings. The molecule has 94 valence electrons. The summed E-state index contributed by atoms with van der Waals surface area (Å²) in [6, 6.07) is 0. The average molecular weight is 310 g/mol. The second-order valence-electron chi connectivity index (χ2n) is 4.67. The molecule has 0 spiro atoms. The molecule has 0 N–H and O–H groups in total. The SMILES string of the molecule is CSCCC(=O)N1CC(CBr)OC(C)(C)C1. The van der Waals surface area contributed by atoms with Crippen LogP contribution in [0.1, 0.15) is 20.3 Å². The molecule has 1 amide bonds. The monoisotopic (exact) mass is 309 g/mol. The van der Waals surface area contributed by atoms with Crippen LogP contribution in [-0.4, -0.2) is 52.9 Å². The van der Waals surface area contributed by atoms with Gasteiger partial charge in [-0.25, -0.2) is 0 Å². The highest BCUT2D eigenvalue weighted by Crippen LogP contribution is 2.22. The van der Waals surface area contributed by atoms with Gasteiger partial charge in [-0.15, -0.1) is 0 Å². The van der Waals surface area contributed by atoms with Crippen molar-refractivity contribution >= 4 is 33.6 Å². The van der Waals surface area contributed by atoms with E-state index in [9.17, 15) is 4.79 Å². The van der Waals surface area contributed by atoms with Gasteiger partial charge in [0, 0.05) is 30.6 Å². The number of amides is 1. The maximum atomic E-state index is 11.9. The Hall–Kier alpha value is 0.260. The Labute approximate surface area is 110 Å².